The number of ether oxygens (including phenoxy) is 1. The second-order valence-corrected chi connectivity index (χ2v) is 3.83. The molecule has 0 atom stereocenters. The van der Waals surface area contributed by atoms with Crippen LogP contribution < -0.4 is 0 Å². The molecule has 1 nitrogen and oxygen atoms in total. The van der Waals surface area contributed by atoms with Crippen LogP contribution in [0.15, 0.2) is 47.3 Å². The van der Waals surface area contributed by atoms with Crippen LogP contribution in [0.2, 0.25) is 0 Å². The Morgan fingerprint density at radius 1 is 1.00 bits per heavy atom. The first kappa shape index (κ1) is 13.8. The smallest absolute Gasteiger partial charge is 0.109 e. The minimum atomic E-state index is 0.676. The number of hydrogen-bond donors (Lipinski definition) is 0. The van der Waals surface area contributed by atoms with Crippen LogP contribution in [0.25, 0.3) is 0 Å². The molecule has 0 unspecified atom stereocenters. The SMILES string of the molecule is C/C=C(\C)CO/C(C)=C/C=C\C=C(C)C. The summed E-state index contributed by atoms with van der Waals surface area (Å²) in [7, 11) is 0. The zero-order valence-corrected chi connectivity index (χ0v) is 10.5. The first-order valence-corrected chi connectivity index (χ1v) is 5.29. The lowest BCUT2D eigenvalue weighted by atomic mass is 10.3. The lowest BCUT2D eigenvalue weighted by Crippen LogP contribution is -1.92. The summed E-state index contributed by atoms with van der Waals surface area (Å²) in [6, 6.07) is 0. The van der Waals surface area contributed by atoms with Gasteiger partial charge in [0.05, 0.1) is 5.76 Å². The maximum Gasteiger partial charge on any atom is 0.109 e. The van der Waals surface area contributed by atoms with Crippen LogP contribution in [0, 0.1) is 0 Å². The van der Waals surface area contributed by atoms with Crippen molar-refractivity contribution in [2.75, 3.05) is 6.61 Å². The fourth-order valence-corrected chi connectivity index (χ4v) is 0.798. The van der Waals surface area contributed by atoms with Gasteiger partial charge in [0, 0.05) is 0 Å². The Morgan fingerprint density at radius 3 is 2.13 bits per heavy atom. The number of rotatable bonds is 5. The van der Waals surface area contributed by atoms with Crippen LogP contribution in [0.5, 0.6) is 0 Å². The fraction of sp³-hybridized carbons (Fsp3) is 0.429. The van der Waals surface area contributed by atoms with Gasteiger partial charge in [0.15, 0.2) is 0 Å². The van der Waals surface area contributed by atoms with E-state index >= 15 is 0 Å². The zero-order chi connectivity index (χ0) is 11.7. The van der Waals surface area contributed by atoms with E-state index in [-0.39, 0.29) is 0 Å². The molecular weight excluding hydrogens is 184 g/mol. The molecule has 0 saturated carbocycles. The largest absolute Gasteiger partial charge is 0.494 e. The molecule has 0 aromatic heterocycles. The van der Waals surface area contributed by atoms with Crippen molar-refractivity contribution in [3.63, 3.8) is 0 Å². The maximum atomic E-state index is 5.52. The van der Waals surface area contributed by atoms with E-state index in [0.717, 1.165) is 5.76 Å². The van der Waals surface area contributed by atoms with Gasteiger partial charge in [-0.1, -0.05) is 29.9 Å². The molecule has 0 aliphatic rings. The molecular formula is C14H22O. The van der Waals surface area contributed by atoms with Crippen LogP contribution in [-0.2, 0) is 4.74 Å². The summed E-state index contributed by atoms with van der Waals surface area (Å²) >= 11 is 0. The first-order valence-electron chi connectivity index (χ1n) is 5.29. The summed E-state index contributed by atoms with van der Waals surface area (Å²) in [6.45, 7) is 10.9. The normalized spacial score (nSPS) is 13.1. The number of hydrogen-bond acceptors (Lipinski definition) is 1. The molecule has 0 N–H and O–H groups in total. The van der Waals surface area contributed by atoms with Gasteiger partial charge >= 0.3 is 0 Å². The third kappa shape index (κ3) is 9.07. The molecule has 0 spiro atoms. The predicted molar refractivity (Wildman–Crippen MR) is 67.7 cm³/mol. The van der Waals surface area contributed by atoms with Gasteiger partial charge < -0.3 is 4.74 Å². The Hall–Kier alpha value is -1.24. The van der Waals surface area contributed by atoms with Crippen LogP contribution in [0.1, 0.15) is 34.6 Å². The van der Waals surface area contributed by atoms with Crippen molar-refractivity contribution in [1.82, 2.24) is 0 Å². The van der Waals surface area contributed by atoms with Gasteiger partial charge in [0.2, 0.25) is 0 Å². The Kier molecular flexibility index (Phi) is 7.43. The van der Waals surface area contributed by atoms with E-state index in [9.17, 15) is 0 Å². The lowest BCUT2D eigenvalue weighted by Gasteiger charge is -2.04. The summed E-state index contributed by atoms with van der Waals surface area (Å²) in [5.41, 5.74) is 2.54. The van der Waals surface area contributed by atoms with Gasteiger partial charge in [-0.2, -0.15) is 0 Å². The van der Waals surface area contributed by atoms with E-state index in [1.165, 1.54) is 11.1 Å². The molecule has 0 radical (unpaired) electrons. The van der Waals surface area contributed by atoms with Crippen LogP contribution in [0.3, 0.4) is 0 Å². The standard InChI is InChI=1S/C14H22O/c1-6-13(4)11-15-14(5)10-8-7-9-12(2)3/h6-10H,11H2,1-5H3/b8-7-,13-6+,14-10+. The Morgan fingerprint density at radius 2 is 1.60 bits per heavy atom. The quantitative estimate of drug-likeness (QED) is 0.368. The molecule has 0 bridgehead atoms. The third-order valence-corrected chi connectivity index (χ3v) is 1.89. The van der Waals surface area contributed by atoms with Gasteiger partial charge in [-0.25, -0.2) is 0 Å². The first-order chi connectivity index (χ1) is 7.06. The molecule has 1 heteroatoms. The average molecular weight is 206 g/mol. The highest BCUT2D eigenvalue weighted by molar-refractivity contribution is 5.15. The molecule has 0 amide bonds. The van der Waals surface area contributed by atoms with Crippen molar-refractivity contribution in [3.8, 4) is 0 Å². The second kappa shape index (κ2) is 8.10. The topological polar surface area (TPSA) is 9.23 Å². The monoisotopic (exact) mass is 206 g/mol. The van der Waals surface area contributed by atoms with Crippen LogP contribution in [0.4, 0.5) is 0 Å². The van der Waals surface area contributed by atoms with Crippen molar-refractivity contribution >= 4 is 0 Å². The van der Waals surface area contributed by atoms with Crippen LogP contribution in [-0.4, -0.2) is 6.61 Å². The van der Waals surface area contributed by atoms with Gasteiger partial charge in [-0.15, -0.1) is 0 Å². The molecule has 0 aromatic carbocycles. The predicted octanol–water partition coefficient (Wildman–Crippen LogP) is 4.40. The van der Waals surface area contributed by atoms with Gasteiger partial charge in [0.1, 0.15) is 6.61 Å². The molecule has 0 fully saturated rings. The van der Waals surface area contributed by atoms with E-state index in [0.29, 0.717) is 6.61 Å². The van der Waals surface area contributed by atoms with Gasteiger partial charge in [-0.05, 0) is 46.3 Å². The highest BCUT2D eigenvalue weighted by Gasteiger charge is 1.89. The van der Waals surface area contributed by atoms with E-state index in [4.69, 9.17) is 4.74 Å². The summed E-state index contributed by atoms with van der Waals surface area (Å²) in [6.07, 6.45) is 10.1. The maximum absolute atomic E-state index is 5.52. The Balaban J connectivity index is 4.00. The van der Waals surface area contributed by atoms with Gasteiger partial charge in [-0.3, -0.25) is 0 Å². The Bertz CT molecular complexity index is 286. The van der Waals surface area contributed by atoms with Crippen LogP contribution >= 0.6 is 0 Å². The molecule has 15 heavy (non-hydrogen) atoms. The van der Waals surface area contributed by atoms with Crippen molar-refractivity contribution in [2.45, 2.75) is 34.6 Å². The minimum Gasteiger partial charge on any atom is -0.494 e. The molecule has 0 saturated heterocycles. The molecule has 0 aromatic rings. The van der Waals surface area contributed by atoms with Crippen molar-refractivity contribution in [2.24, 2.45) is 0 Å². The Labute approximate surface area is 93.8 Å². The summed E-state index contributed by atoms with van der Waals surface area (Å²) in [4.78, 5) is 0. The van der Waals surface area contributed by atoms with Crippen molar-refractivity contribution in [3.05, 3.63) is 47.3 Å². The molecule has 0 aliphatic carbocycles. The van der Waals surface area contributed by atoms with Gasteiger partial charge in [0.25, 0.3) is 0 Å². The lowest BCUT2D eigenvalue weighted by molar-refractivity contribution is 0.241. The zero-order valence-electron chi connectivity index (χ0n) is 10.5. The summed E-state index contributed by atoms with van der Waals surface area (Å²) in [5, 5.41) is 0. The number of allylic oxidation sites excluding steroid dienone is 7. The summed E-state index contributed by atoms with van der Waals surface area (Å²) < 4.78 is 5.52. The van der Waals surface area contributed by atoms with E-state index < -0.39 is 0 Å². The van der Waals surface area contributed by atoms with E-state index in [1.807, 2.05) is 32.1 Å². The molecule has 84 valence electrons. The highest BCUT2D eigenvalue weighted by atomic mass is 16.5. The highest BCUT2D eigenvalue weighted by Crippen LogP contribution is 2.01. The fourth-order valence-electron chi connectivity index (χ4n) is 0.798. The molecule has 0 rings (SSSR count). The van der Waals surface area contributed by atoms with E-state index in [1.54, 1.807) is 0 Å². The van der Waals surface area contributed by atoms with Crippen molar-refractivity contribution in [1.29, 1.82) is 0 Å². The van der Waals surface area contributed by atoms with Crippen molar-refractivity contribution < 1.29 is 4.74 Å². The average Bonchev–Trinajstić information content (AvgIpc) is 2.20. The minimum absolute atomic E-state index is 0.676. The van der Waals surface area contributed by atoms with E-state index in [2.05, 4.69) is 32.9 Å². The molecule has 0 aliphatic heterocycles. The second-order valence-electron chi connectivity index (χ2n) is 3.83. The molecule has 0 heterocycles. The third-order valence-electron chi connectivity index (χ3n) is 1.89. The summed E-state index contributed by atoms with van der Waals surface area (Å²) in [5.74, 6) is 0.939.